The molecule has 0 aromatic carbocycles. The molecule has 1 aliphatic rings. The smallest absolute Gasteiger partial charge is 0.236 e. The normalized spacial score (nSPS) is 20.1. The quantitative estimate of drug-likeness (QED) is 0.781. The van der Waals surface area contributed by atoms with Crippen molar-refractivity contribution in [1.82, 2.24) is 9.80 Å². The molecule has 1 heterocycles. The average molecular weight is 264 g/mol. The number of carbonyl (C=O) groups is 1. The van der Waals surface area contributed by atoms with Crippen LogP contribution in [0.4, 0.5) is 0 Å². The second-order valence-electron chi connectivity index (χ2n) is 4.66. The Morgan fingerprint density at radius 1 is 1.35 bits per heavy atom. The first kappa shape index (κ1) is 16.7. The van der Waals surface area contributed by atoms with E-state index in [0.29, 0.717) is 6.54 Å². The van der Waals surface area contributed by atoms with Crippen LogP contribution < -0.4 is 5.73 Å². The standard InChI is InChI=1S/C12H25N3O.ClH/c1-3-6-15(7-4-2)12(16)10-14-8-5-11(13)9-14;/h11H,3-10,13H2,1-2H3;1H/t11-;/m1./s1. The van der Waals surface area contributed by atoms with Gasteiger partial charge in [0.15, 0.2) is 0 Å². The van der Waals surface area contributed by atoms with Gasteiger partial charge in [-0.15, -0.1) is 12.4 Å². The molecule has 1 atom stereocenters. The van der Waals surface area contributed by atoms with Gasteiger partial charge in [-0.3, -0.25) is 9.69 Å². The Labute approximate surface area is 111 Å². The number of amides is 1. The molecule has 102 valence electrons. The van der Waals surface area contributed by atoms with Crippen LogP contribution in [0.15, 0.2) is 0 Å². The first-order valence-corrected chi connectivity index (χ1v) is 6.43. The molecule has 5 heteroatoms. The van der Waals surface area contributed by atoms with Crippen molar-refractivity contribution in [2.45, 2.75) is 39.2 Å². The Morgan fingerprint density at radius 3 is 2.35 bits per heavy atom. The highest BCUT2D eigenvalue weighted by Crippen LogP contribution is 2.07. The van der Waals surface area contributed by atoms with Gasteiger partial charge in [-0.1, -0.05) is 13.8 Å². The highest BCUT2D eigenvalue weighted by atomic mass is 35.5. The van der Waals surface area contributed by atoms with Crippen molar-refractivity contribution in [3.8, 4) is 0 Å². The van der Waals surface area contributed by atoms with Crippen LogP contribution in [-0.4, -0.2) is 54.5 Å². The van der Waals surface area contributed by atoms with Crippen LogP contribution in [0.2, 0.25) is 0 Å². The summed E-state index contributed by atoms with van der Waals surface area (Å²) in [4.78, 5) is 16.2. The lowest BCUT2D eigenvalue weighted by Crippen LogP contribution is -2.41. The van der Waals surface area contributed by atoms with Crippen LogP contribution in [0.3, 0.4) is 0 Å². The van der Waals surface area contributed by atoms with Crippen molar-refractivity contribution in [3.63, 3.8) is 0 Å². The van der Waals surface area contributed by atoms with Gasteiger partial charge in [0.05, 0.1) is 6.54 Å². The molecular weight excluding hydrogens is 238 g/mol. The van der Waals surface area contributed by atoms with Gasteiger partial charge in [0.2, 0.25) is 5.91 Å². The second-order valence-corrected chi connectivity index (χ2v) is 4.66. The summed E-state index contributed by atoms with van der Waals surface area (Å²) >= 11 is 0. The van der Waals surface area contributed by atoms with E-state index in [1.54, 1.807) is 0 Å². The molecule has 0 unspecified atom stereocenters. The summed E-state index contributed by atoms with van der Waals surface area (Å²) in [5.74, 6) is 0.262. The highest BCUT2D eigenvalue weighted by molar-refractivity contribution is 5.85. The molecule has 0 aliphatic carbocycles. The van der Waals surface area contributed by atoms with Gasteiger partial charge < -0.3 is 10.6 Å². The van der Waals surface area contributed by atoms with E-state index in [4.69, 9.17) is 5.73 Å². The molecule has 1 amide bonds. The van der Waals surface area contributed by atoms with Gasteiger partial charge in [0, 0.05) is 32.2 Å². The largest absolute Gasteiger partial charge is 0.342 e. The molecule has 0 saturated carbocycles. The molecule has 4 nitrogen and oxygen atoms in total. The van der Waals surface area contributed by atoms with Crippen molar-refractivity contribution >= 4 is 18.3 Å². The zero-order valence-corrected chi connectivity index (χ0v) is 11.8. The Bertz CT molecular complexity index is 220. The van der Waals surface area contributed by atoms with Crippen LogP contribution in [-0.2, 0) is 4.79 Å². The van der Waals surface area contributed by atoms with Crippen LogP contribution in [0.1, 0.15) is 33.1 Å². The maximum absolute atomic E-state index is 12.0. The van der Waals surface area contributed by atoms with E-state index in [1.165, 1.54) is 0 Å². The van der Waals surface area contributed by atoms with E-state index in [9.17, 15) is 4.79 Å². The minimum atomic E-state index is 0. The van der Waals surface area contributed by atoms with E-state index in [0.717, 1.165) is 45.4 Å². The number of hydrogen-bond donors (Lipinski definition) is 1. The van der Waals surface area contributed by atoms with Crippen molar-refractivity contribution < 1.29 is 4.79 Å². The Morgan fingerprint density at radius 2 is 1.94 bits per heavy atom. The van der Waals surface area contributed by atoms with Crippen LogP contribution in [0.5, 0.6) is 0 Å². The molecule has 17 heavy (non-hydrogen) atoms. The number of rotatable bonds is 6. The predicted molar refractivity (Wildman–Crippen MR) is 73.4 cm³/mol. The van der Waals surface area contributed by atoms with Gasteiger partial charge in [-0.2, -0.15) is 0 Å². The number of carbonyl (C=O) groups excluding carboxylic acids is 1. The fourth-order valence-electron chi connectivity index (χ4n) is 2.20. The molecular formula is C12H26ClN3O. The van der Waals surface area contributed by atoms with E-state index in [-0.39, 0.29) is 24.4 Å². The number of nitrogens with zero attached hydrogens (tertiary/aromatic N) is 2. The summed E-state index contributed by atoms with van der Waals surface area (Å²) in [6, 6.07) is 0.263. The van der Waals surface area contributed by atoms with Gasteiger partial charge >= 0.3 is 0 Å². The zero-order valence-electron chi connectivity index (χ0n) is 11.0. The summed E-state index contributed by atoms with van der Waals surface area (Å²) in [6.07, 6.45) is 3.09. The summed E-state index contributed by atoms with van der Waals surface area (Å²) in [5, 5.41) is 0. The summed E-state index contributed by atoms with van der Waals surface area (Å²) in [6.45, 7) is 8.38. The average Bonchev–Trinajstić information content (AvgIpc) is 2.63. The molecule has 0 aromatic rings. The van der Waals surface area contributed by atoms with E-state index >= 15 is 0 Å². The Hall–Kier alpha value is -0.320. The minimum Gasteiger partial charge on any atom is -0.342 e. The second kappa shape index (κ2) is 8.72. The van der Waals surface area contributed by atoms with Gasteiger partial charge in [0.1, 0.15) is 0 Å². The lowest BCUT2D eigenvalue weighted by Gasteiger charge is -2.24. The number of nitrogens with two attached hydrogens (primary N) is 1. The van der Waals surface area contributed by atoms with E-state index in [1.807, 2.05) is 4.90 Å². The highest BCUT2D eigenvalue weighted by Gasteiger charge is 2.22. The lowest BCUT2D eigenvalue weighted by atomic mass is 10.3. The SMILES string of the molecule is CCCN(CCC)C(=O)CN1CC[C@@H](N)C1.Cl. The fourth-order valence-corrected chi connectivity index (χ4v) is 2.20. The summed E-state index contributed by atoms with van der Waals surface area (Å²) in [5.41, 5.74) is 5.83. The zero-order chi connectivity index (χ0) is 12.0. The summed E-state index contributed by atoms with van der Waals surface area (Å²) < 4.78 is 0. The molecule has 1 saturated heterocycles. The maximum Gasteiger partial charge on any atom is 0.236 e. The van der Waals surface area contributed by atoms with Crippen LogP contribution >= 0.6 is 12.4 Å². The third-order valence-electron chi connectivity index (χ3n) is 3.01. The number of halogens is 1. The third kappa shape index (κ3) is 5.70. The number of hydrogen-bond acceptors (Lipinski definition) is 3. The molecule has 1 rings (SSSR count). The summed E-state index contributed by atoms with van der Waals surface area (Å²) in [7, 11) is 0. The van der Waals surface area contributed by atoms with Gasteiger partial charge in [-0.25, -0.2) is 0 Å². The molecule has 0 aromatic heterocycles. The lowest BCUT2D eigenvalue weighted by molar-refractivity contribution is -0.132. The van der Waals surface area contributed by atoms with Crippen molar-refractivity contribution in [1.29, 1.82) is 0 Å². The van der Waals surface area contributed by atoms with Gasteiger partial charge in [0.25, 0.3) is 0 Å². The fraction of sp³-hybridized carbons (Fsp3) is 0.917. The molecule has 2 N–H and O–H groups in total. The Balaban J connectivity index is 0.00000256. The first-order valence-electron chi connectivity index (χ1n) is 6.43. The van der Waals surface area contributed by atoms with E-state index < -0.39 is 0 Å². The molecule has 0 radical (unpaired) electrons. The van der Waals surface area contributed by atoms with Crippen molar-refractivity contribution in [2.24, 2.45) is 5.73 Å². The Kier molecular flexibility index (Phi) is 8.56. The molecule has 0 spiro atoms. The van der Waals surface area contributed by atoms with Crippen LogP contribution in [0, 0.1) is 0 Å². The molecule has 0 bridgehead atoms. The maximum atomic E-state index is 12.0. The molecule has 1 aliphatic heterocycles. The first-order chi connectivity index (χ1) is 7.67. The minimum absolute atomic E-state index is 0. The predicted octanol–water partition coefficient (Wildman–Crippen LogP) is 1.09. The number of likely N-dealkylation sites (tertiary alicyclic amines) is 1. The van der Waals surface area contributed by atoms with E-state index in [2.05, 4.69) is 18.7 Å². The van der Waals surface area contributed by atoms with Crippen molar-refractivity contribution in [3.05, 3.63) is 0 Å². The third-order valence-corrected chi connectivity index (χ3v) is 3.01. The van der Waals surface area contributed by atoms with Crippen molar-refractivity contribution in [2.75, 3.05) is 32.7 Å². The topological polar surface area (TPSA) is 49.6 Å². The molecule has 1 fully saturated rings. The monoisotopic (exact) mass is 263 g/mol. The van der Waals surface area contributed by atoms with Gasteiger partial charge in [-0.05, 0) is 19.3 Å². The van der Waals surface area contributed by atoms with Crippen LogP contribution in [0.25, 0.3) is 0 Å².